The first-order valence-electron chi connectivity index (χ1n) is 9.63. The van der Waals surface area contributed by atoms with Crippen molar-refractivity contribution in [2.24, 2.45) is 5.92 Å². The summed E-state index contributed by atoms with van der Waals surface area (Å²) in [6.45, 7) is -5.73. The highest BCUT2D eigenvalue weighted by Crippen LogP contribution is 2.42. The Bertz CT molecular complexity index is 575. The van der Waals surface area contributed by atoms with Crippen molar-refractivity contribution >= 4 is 0 Å². The number of aliphatic hydroxyl groups is 1. The quantitative estimate of drug-likeness (QED) is 0.912. The maximum atomic E-state index is 11.4. The molecule has 0 unspecified atom stereocenters. The molecule has 2 rings (SSSR count). The van der Waals surface area contributed by atoms with Crippen molar-refractivity contribution in [2.45, 2.75) is 31.3 Å². The molecule has 0 bridgehead atoms. The molecule has 2 atom stereocenters. The van der Waals surface area contributed by atoms with E-state index in [9.17, 15) is 5.11 Å². The van der Waals surface area contributed by atoms with Crippen LogP contribution in [0.3, 0.4) is 0 Å². The van der Waals surface area contributed by atoms with Crippen LogP contribution in [0.4, 0.5) is 0 Å². The van der Waals surface area contributed by atoms with Crippen molar-refractivity contribution in [3.63, 3.8) is 0 Å². The average Bonchev–Trinajstić information content (AvgIpc) is 2.51. The van der Waals surface area contributed by atoms with Gasteiger partial charge < -0.3 is 14.7 Å². The minimum absolute atomic E-state index is 0.222. The number of ether oxygens (including phenoxy) is 1. The fourth-order valence-electron chi connectivity index (χ4n) is 2.96. The number of rotatable bonds is 4. The first-order valence-corrected chi connectivity index (χ1v) is 6.63. The standard InChI is InChI=1S/C16H25NO2/c1-17(2)12-14-7-4-5-10-16(14,18)13-8-6-9-15(11-13)19-3/h6,8-9,11,14,18H,4-5,7,10,12H2,1-3H3/t14-,16+/m1/s1/i1D3,2D3. The first-order chi connectivity index (χ1) is 11.5. The molecule has 1 N–H and O–H groups in total. The monoisotopic (exact) mass is 269 g/mol. The van der Waals surface area contributed by atoms with Crippen LogP contribution in [0.2, 0.25) is 0 Å². The van der Waals surface area contributed by atoms with E-state index in [0.717, 1.165) is 12.8 Å². The number of hydrogen-bond acceptors (Lipinski definition) is 3. The summed E-state index contributed by atoms with van der Waals surface area (Å²) in [4.78, 5) is 0.543. The van der Waals surface area contributed by atoms with E-state index in [1.54, 1.807) is 24.3 Å². The second-order valence-electron chi connectivity index (χ2n) is 5.21. The van der Waals surface area contributed by atoms with Crippen molar-refractivity contribution in [1.82, 2.24) is 4.90 Å². The molecule has 1 fully saturated rings. The molecule has 19 heavy (non-hydrogen) atoms. The van der Waals surface area contributed by atoms with E-state index in [1.165, 1.54) is 7.11 Å². The lowest BCUT2D eigenvalue weighted by Crippen LogP contribution is -2.43. The summed E-state index contributed by atoms with van der Waals surface area (Å²) in [6.07, 6.45) is 2.65. The van der Waals surface area contributed by atoms with Crippen molar-refractivity contribution in [2.75, 3.05) is 27.6 Å². The van der Waals surface area contributed by atoms with Crippen LogP contribution in [0.5, 0.6) is 5.75 Å². The summed E-state index contributed by atoms with van der Waals surface area (Å²) >= 11 is 0. The fraction of sp³-hybridized carbons (Fsp3) is 0.625. The number of methoxy groups -OCH3 is 1. The van der Waals surface area contributed by atoms with Gasteiger partial charge in [-0.25, -0.2) is 0 Å². The smallest absolute Gasteiger partial charge is 0.119 e. The minimum atomic E-state index is -2.75. The predicted molar refractivity (Wildman–Crippen MR) is 77.4 cm³/mol. The van der Waals surface area contributed by atoms with Gasteiger partial charge >= 0.3 is 0 Å². The van der Waals surface area contributed by atoms with Gasteiger partial charge in [-0.05, 0) is 44.5 Å². The Labute approximate surface area is 124 Å². The van der Waals surface area contributed by atoms with E-state index < -0.39 is 25.5 Å². The van der Waals surface area contributed by atoms with Crippen LogP contribution in [0.1, 0.15) is 39.5 Å². The molecule has 1 aromatic carbocycles. The van der Waals surface area contributed by atoms with Gasteiger partial charge in [0.2, 0.25) is 0 Å². The molecule has 1 aliphatic rings. The zero-order chi connectivity index (χ0) is 18.9. The molecule has 106 valence electrons. The summed E-state index contributed by atoms with van der Waals surface area (Å²) in [5.41, 5.74) is -0.644. The third kappa shape index (κ3) is 3.10. The molecule has 0 aromatic heterocycles. The Morgan fingerprint density at radius 2 is 2.32 bits per heavy atom. The molecule has 0 heterocycles. The Kier molecular flexibility index (Phi) is 2.58. The van der Waals surface area contributed by atoms with Gasteiger partial charge in [-0.1, -0.05) is 25.0 Å². The van der Waals surface area contributed by atoms with Gasteiger partial charge in [0, 0.05) is 20.7 Å². The van der Waals surface area contributed by atoms with Crippen LogP contribution in [-0.4, -0.2) is 37.6 Å². The zero-order valence-corrected chi connectivity index (χ0v) is 11.2. The highest BCUT2D eigenvalue weighted by molar-refractivity contribution is 5.33. The summed E-state index contributed by atoms with van der Waals surface area (Å²) in [6, 6.07) is 7.04. The van der Waals surface area contributed by atoms with E-state index in [4.69, 9.17) is 13.0 Å². The zero-order valence-electron chi connectivity index (χ0n) is 17.2. The van der Waals surface area contributed by atoms with E-state index in [2.05, 4.69) is 0 Å². The largest absolute Gasteiger partial charge is 0.497 e. The van der Waals surface area contributed by atoms with Gasteiger partial charge in [0.1, 0.15) is 5.75 Å². The Balaban J connectivity index is 2.36. The van der Waals surface area contributed by atoms with Gasteiger partial charge in [-0.2, -0.15) is 0 Å². The van der Waals surface area contributed by atoms with Crippen molar-refractivity contribution in [1.29, 1.82) is 0 Å². The fourth-order valence-corrected chi connectivity index (χ4v) is 2.96. The molecule has 0 spiro atoms. The molecule has 1 aromatic rings. The Morgan fingerprint density at radius 3 is 3.05 bits per heavy atom. The van der Waals surface area contributed by atoms with Crippen molar-refractivity contribution in [3.8, 4) is 5.75 Å². The van der Waals surface area contributed by atoms with E-state index in [1.807, 2.05) is 0 Å². The van der Waals surface area contributed by atoms with Crippen LogP contribution < -0.4 is 4.74 Å². The third-order valence-corrected chi connectivity index (χ3v) is 4.01. The average molecular weight is 269 g/mol. The minimum Gasteiger partial charge on any atom is -0.497 e. The van der Waals surface area contributed by atoms with Crippen LogP contribution in [0.25, 0.3) is 0 Å². The second-order valence-corrected chi connectivity index (χ2v) is 5.21. The molecule has 0 aliphatic heterocycles. The lowest BCUT2D eigenvalue weighted by atomic mass is 9.71. The topological polar surface area (TPSA) is 32.7 Å². The third-order valence-electron chi connectivity index (χ3n) is 4.01. The summed E-state index contributed by atoms with van der Waals surface area (Å²) in [5, 5.41) is 11.4. The van der Waals surface area contributed by atoms with E-state index >= 15 is 0 Å². The van der Waals surface area contributed by atoms with Gasteiger partial charge in [0.15, 0.2) is 0 Å². The van der Waals surface area contributed by atoms with Crippen LogP contribution in [-0.2, 0) is 5.60 Å². The maximum absolute atomic E-state index is 11.4. The predicted octanol–water partition coefficient (Wildman–Crippen LogP) is 2.63. The second kappa shape index (κ2) is 5.93. The molecule has 0 amide bonds. The molecule has 1 saturated carbocycles. The maximum Gasteiger partial charge on any atom is 0.119 e. The summed E-state index contributed by atoms with van der Waals surface area (Å²) in [7, 11) is 1.53. The Hall–Kier alpha value is -1.06. The molecular formula is C16H25NO2. The lowest BCUT2D eigenvalue weighted by molar-refractivity contribution is -0.0619. The van der Waals surface area contributed by atoms with Gasteiger partial charge in [0.05, 0.1) is 12.7 Å². The molecule has 0 saturated heterocycles. The van der Waals surface area contributed by atoms with Gasteiger partial charge in [0.25, 0.3) is 0 Å². The summed E-state index contributed by atoms with van der Waals surface area (Å²) < 4.78 is 50.6. The highest BCUT2D eigenvalue weighted by atomic mass is 16.5. The van der Waals surface area contributed by atoms with Crippen LogP contribution in [0, 0.1) is 5.92 Å². The van der Waals surface area contributed by atoms with Crippen molar-refractivity contribution in [3.05, 3.63) is 29.8 Å². The summed E-state index contributed by atoms with van der Waals surface area (Å²) in [5.74, 6) is 0.105. The first kappa shape index (κ1) is 8.28. The molecule has 0 radical (unpaired) electrons. The normalized spacial score (nSPS) is 33.5. The number of nitrogens with zero attached hydrogens (tertiary/aromatic N) is 1. The van der Waals surface area contributed by atoms with Crippen LogP contribution in [0.15, 0.2) is 24.3 Å². The lowest BCUT2D eigenvalue weighted by Gasteiger charge is -2.41. The van der Waals surface area contributed by atoms with Crippen LogP contribution >= 0.6 is 0 Å². The SMILES string of the molecule is [2H]C([2H])([2H])N(C[C@H]1CCCC[C@]1(O)c1cccc(OC)c1)C([2H])([2H])[2H]. The van der Waals surface area contributed by atoms with Gasteiger partial charge in [-0.3, -0.25) is 0 Å². The van der Waals surface area contributed by atoms with Gasteiger partial charge in [-0.15, -0.1) is 0 Å². The van der Waals surface area contributed by atoms with Crippen molar-refractivity contribution < 1.29 is 18.1 Å². The highest BCUT2D eigenvalue weighted by Gasteiger charge is 2.40. The molecule has 3 nitrogen and oxygen atoms in total. The molecular weight excluding hydrogens is 238 g/mol. The van der Waals surface area contributed by atoms with E-state index in [-0.39, 0.29) is 6.54 Å². The number of hydrogen-bond donors (Lipinski definition) is 1. The van der Waals surface area contributed by atoms with E-state index in [0.29, 0.717) is 29.1 Å². The Morgan fingerprint density at radius 1 is 1.47 bits per heavy atom. The number of benzene rings is 1. The molecule has 1 aliphatic carbocycles. The molecule has 3 heteroatoms.